The minimum absolute atomic E-state index is 0.119. The van der Waals surface area contributed by atoms with Crippen LogP contribution < -0.4 is 4.74 Å². The minimum Gasteiger partial charge on any atom is -0.451 e. The SMILES string of the molecule is N#Cc1cccc(Oc2c(F)cc(CO)cc2F)c1. The van der Waals surface area contributed by atoms with E-state index in [4.69, 9.17) is 15.1 Å². The fraction of sp³-hybridized carbons (Fsp3) is 0.0714. The van der Waals surface area contributed by atoms with E-state index in [0.717, 1.165) is 12.1 Å². The number of hydrogen-bond acceptors (Lipinski definition) is 3. The van der Waals surface area contributed by atoms with E-state index in [0.29, 0.717) is 5.56 Å². The highest BCUT2D eigenvalue weighted by Crippen LogP contribution is 2.29. The van der Waals surface area contributed by atoms with Gasteiger partial charge in [0.25, 0.3) is 0 Å². The van der Waals surface area contributed by atoms with Crippen molar-refractivity contribution >= 4 is 0 Å². The Morgan fingerprint density at radius 1 is 1.16 bits per heavy atom. The van der Waals surface area contributed by atoms with Crippen LogP contribution in [-0.2, 0) is 6.61 Å². The number of hydrogen-bond donors (Lipinski definition) is 1. The second-order valence-corrected chi connectivity index (χ2v) is 3.79. The highest BCUT2D eigenvalue weighted by Gasteiger charge is 2.13. The number of aliphatic hydroxyl groups excluding tert-OH is 1. The Hall–Kier alpha value is -2.45. The molecule has 0 saturated heterocycles. The summed E-state index contributed by atoms with van der Waals surface area (Å²) in [6.07, 6.45) is 0. The van der Waals surface area contributed by atoms with Gasteiger partial charge in [-0.2, -0.15) is 5.26 Å². The molecule has 0 heterocycles. The average Bonchev–Trinajstić information content (AvgIpc) is 2.42. The van der Waals surface area contributed by atoms with Gasteiger partial charge in [-0.05, 0) is 35.9 Å². The van der Waals surface area contributed by atoms with Gasteiger partial charge >= 0.3 is 0 Å². The molecule has 19 heavy (non-hydrogen) atoms. The van der Waals surface area contributed by atoms with Crippen LogP contribution in [0.25, 0.3) is 0 Å². The summed E-state index contributed by atoms with van der Waals surface area (Å²) >= 11 is 0. The summed E-state index contributed by atoms with van der Waals surface area (Å²) in [5.74, 6) is -2.22. The summed E-state index contributed by atoms with van der Waals surface area (Å²) in [6.45, 7) is -0.460. The molecule has 2 aromatic carbocycles. The van der Waals surface area contributed by atoms with Gasteiger partial charge in [0.1, 0.15) is 5.75 Å². The molecule has 3 nitrogen and oxygen atoms in total. The molecule has 0 radical (unpaired) electrons. The van der Waals surface area contributed by atoms with Gasteiger partial charge in [-0.3, -0.25) is 0 Å². The number of nitrogens with zero attached hydrogens (tertiary/aromatic N) is 1. The van der Waals surface area contributed by atoms with Crippen LogP contribution in [0.2, 0.25) is 0 Å². The topological polar surface area (TPSA) is 53.2 Å². The lowest BCUT2D eigenvalue weighted by atomic mass is 10.2. The standard InChI is InChI=1S/C14H9F2NO2/c15-12-5-10(8-18)6-13(16)14(12)19-11-3-1-2-9(4-11)7-17/h1-6,18H,8H2. The Bertz CT molecular complexity index is 627. The van der Waals surface area contributed by atoms with Gasteiger partial charge in [0.05, 0.1) is 18.2 Å². The van der Waals surface area contributed by atoms with Crippen molar-refractivity contribution in [3.8, 4) is 17.6 Å². The second-order valence-electron chi connectivity index (χ2n) is 3.79. The zero-order chi connectivity index (χ0) is 13.8. The molecule has 96 valence electrons. The lowest BCUT2D eigenvalue weighted by Crippen LogP contribution is -1.96. The van der Waals surface area contributed by atoms with Crippen molar-refractivity contribution in [1.29, 1.82) is 5.26 Å². The van der Waals surface area contributed by atoms with Crippen LogP contribution in [0.1, 0.15) is 11.1 Å². The lowest BCUT2D eigenvalue weighted by molar-refractivity contribution is 0.279. The maximum absolute atomic E-state index is 13.6. The molecule has 0 aliphatic carbocycles. The summed E-state index contributed by atoms with van der Waals surface area (Å²) in [5.41, 5.74) is 0.443. The fourth-order valence-electron chi connectivity index (χ4n) is 1.55. The van der Waals surface area contributed by atoms with E-state index in [1.165, 1.54) is 12.1 Å². The van der Waals surface area contributed by atoms with Gasteiger partial charge in [-0.25, -0.2) is 8.78 Å². The number of ether oxygens (including phenoxy) is 1. The van der Waals surface area contributed by atoms with E-state index in [1.54, 1.807) is 12.1 Å². The third kappa shape index (κ3) is 2.87. The average molecular weight is 261 g/mol. The molecule has 0 aromatic heterocycles. The lowest BCUT2D eigenvalue weighted by Gasteiger charge is -2.09. The number of aliphatic hydroxyl groups is 1. The van der Waals surface area contributed by atoms with Crippen molar-refractivity contribution in [3.05, 3.63) is 59.2 Å². The normalized spacial score (nSPS) is 10.0. The summed E-state index contributed by atoms with van der Waals surface area (Å²) in [4.78, 5) is 0. The molecule has 0 fully saturated rings. The molecule has 0 amide bonds. The quantitative estimate of drug-likeness (QED) is 0.923. The minimum atomic E-state index is -0.911. The molecule has 0 atom stereocenters. The van der Waals surface area contributed by atoms with Crippen LogP contribution >= 0.6 is 0 Å². The Balaban J connectivity index is 2.36. The number of halogens is 2. The van der Waals surface area contributed by atoms with E-state index in [1.807, 2.05) is 6.07 Å². The summed E-state index contributed by atoms with van der Waals surface area (Å²) in [5, 5.41) is 17.5. The van der Waals surface area contributed by atoms with Gasteiger partial charge in [-0.1, -0.05) is 6.07 Å². The first-order valence-electron chi connectivity index (χ1n) is 5.41. The number of rotatable bonds is 3. The van der Waals surface area contributed by atoms with Gasteiger partial charge < -0.3 is 9.84 Å². The van der Waals surface area contributed by atoms with Gasteiger partial charge in [0.15, 0.2) is 17.4 Å². The van der Waals surface area contributed by atoms with Crippen molar-refractivity contribution in [3.63, 3.8) is 0 Å². The molecule has 0 unspecified atom stereocenters. The molecule has 1 N–H and O–H groups in total. The molecule has 0 bridgehead atoms. The van der Waals surface area contributed by atoms with Crippen LogP contribution in [0.15, 0.2) is 36.4 Å². The third-order valence-corrected chi connectivity index (χ3v) is 2.42. The Morgan fingerprint density at radius 2 is 1.84 bits per heavy atom. The van der Waals surface area contributed by atoms with Crippen molar-refractivity contribution in [1.82, 2.24) is 0 Å². The van der Waals surface area contributed by atoms with Crippen LogP contribution in [-0.4, -0.2) is 5.11 Å². The van der Waals surface area contributed by atoms with E-state index < -0.39 is 24.0 Å². The Morgan fingerprint density at radius 3 is 2.42 bits per heavy atom. The van der Waals surface area contributed by atoms with Crippen LogP contribution in [0.5, 0.6) is 11.5 Å². The molecule has 5 heteroatoms. The molecule has 0 saturated carbocycles. The largest absolute Gasteiger partial charge is 0.451 e. The van der Waals surface area contributed by atoms with E-state index in [2.05, 4.69) is 0 Å². The van der Waals surface area contributed by atoms with Crippen LogP contribution in [0.4, 0.5) is 8.78 Å². The Kier molecular flexibility index (Phi) is 3.74. The molecule has 0 spiro atoms. The molecule has 0 aliphatic heterocycles. The maximum atomic E-state index is 13.6. The van der Waals surface area contributed by atoms with Gasteiger partial charge in [-0.15, -0.1) is 0 Å². The first-order chi connectivity index (χ1) is 9.13. The van der Waals surface area contributed by atoms with E-state index >= 15 is 0 Å². The summed E-state index contributed by atoms with van der Waals surface area (Å²) < 4.78 is 32.3. The third-order valence-electron chi connectivity index (χ3n) is 2.42. The van der Waals surface area contributed by atoms with Gasteiger partial charge in [0, 0.05) is 0 Å². The Labute approximate surface area is 108 Å². The first kappa shape index (κ1) is 13.0. The van der Waals surface area contributed by atoms with Crippen molar-refractivity contribution < 1.29 is 18.6 Å². The monoisotopic (exact) mass is 261 g/mol. The predicted molar refractivity (Wildman–Crippen MR) is 63.5 cm³/mol. The smallest absolute Gasteiger partial charge is 0.198 e. The van der Waals surface area contributed by atoms with E-state index in [9.17, 15) is 8.78 Å². The van der Waals surface area contributed by atoms with Crippen LogP contribution in [0.3, 0.4) is 0 Å². The first-order valence-corrected chi connectivity index (χ1v) is 5.41. The highest BCUT2D eigenvalue weighted by molar-refractivity contribution is 5.40. The number of nitriles is 1. The fourth-order valence-corrected chi connectivity index (χ4v) is 1.55. The summed E-state index contributed by atoms with van der Waals surface area (Å²) in [7, 11) is 0. The van der Waals surface area contributed by atoms with E-state index in [-0.39, 0.29) is 11.3 Å². The molecule has 0 aliphatic rings. The predicted octanol–water partition coefficient (Wildman–Crippen LogP) is 3.12. The molecule has 2 rings (SSSR count). The van der Waals surface area contributed by atoms with Gasteiger partial charge in [0.2, 0.25) is 0 Å². The molecule has 2 aromatic rings. The van der Waals surface area contributed by atoms with Crippen molar-refractivity contribution in [2.24, 2.45) is 0 Å². The summed E-state index contributed by atoms with van der Waals surface area (Å²) in [6, 6.07) is 9.84. The maximum Gasteiger partial charge on any atom is 0.198 e. The molecular weight excluding hydrogens is 252 g/mol. The van der Waals surface area contributed by atoms with Crippen molar-refractivity contribution in [2.45, 2.75) is 6.61 Å². The zero-order valence-corrected chi connectivity index (χ0v) is 9.73. The highest BCUT2D eigenvalue weighted by atomic mass is 19.1. The molecular formula is C14H9F2NO2. The van der Waals surface area contributed by atoms with Crippen LogP contribution in [0, 0.1) is 23.0 Å². The van der Waals surface area contributed by atoms with Crippen molar-refractivity contribution in [2.75, 3.05) is 0 Å². The number of benzene rings is 2. The zero-order valence-electron chi connectivity index (χ0n) is 9.73. The second kappa shape index (κ2) is 5.46.